The van der Waals surface area contributed by atoms with E-state index in [0.717, 1.165) is 16.1 Å². The van der Waals surface area contributed by atoms with Crippen molar-refractivity contribution in [2.45, 2.75) is 24.8 Å². The van der Waals surface area contributed by atoms with Gasteiger partial charge in [-0.05, 0) is 55.8 Å². The van der Waals surface area contributed by atoms with Crippen LogP contribution in [-0.2, 0) is 29.6 Å². The fraction of sp³-hybridized carbons (Fsp3) is 0.458. The summed E-state index contributed by atoms with van der Waals surface area (Å²) in [6, 6.07) is 10.1. The summed E-state index contributed by atoms with van der Waals surface area (Å²) in [7, 11) is -5.97. The van der Waals surface area contributed by atoms with Crippen molar-refractivity contribution in [3.63, 3.8) is 0 Å². The maximum atomic E-state index is 12.8. The molecule has 0 aliphatic carbocycles. The van der Waals surface area contributed by atoms with Crippen LogP contribution in [0.1, 0.15) is 12.5 Å². The van der Waals surface area contributed by atoms with Gasteiger partial charge in [0.25, 0.3) is 0 Å². The summed E-state index contributed by atoms with van der Waals surface area (Å²) in [6.45, 7) is 4.87. The Bertz CT molecular complexity index is 1290. The second-order valence-corrected chi connectivity index (χ2v) is 12.3. The van der Waals surface area contributed by atoms with Gasteiger partial charge in [-0.15, -0.1) is 0 Å². The molecule has 204 valence electrons. The molecule has 2 aromatic rings. The van der Waals surface area contributed by atoms with Crippen LogP contribution in [0, 0.1) is 6.92 Å². The molecule has 1 heterocycles. The maximum Gasteiger partial charge on any atom is 0.243 e. The van der Waals surface area contributed by atoms with Crippen LogP contribution < -0.4 is 19.1 Å². The van der Waals surface area contributed by atoms with Crippen LogP contribution in [0.3, 0.4) is 0 Å². The van der Waals surface area contributed by atoms with Gasteiger partial charge in [0.15, 0.2) is 0 Å². The Balaban J connectivity index is 1.58. The molecule has 1 atom stereocenters. The Morgan fingerprint density at radius 1 is 1.11 bits per heavy atom. The van der Waals surface area contributed by atoms with E-state index in [1.807, 2.05) is 6.92 Å². The first kappa shape index (κ1) is 28.7. The van der Waals surface area contributed by atoms with Crippen LogP contribution in [0.4, 0.5) is 5.69 Å². The molecule has 1 saturated heterocycles. The third-order valence-electron chi connectivity index (χ3n) is 5.76. The average Bonchev–Trinajstić information content (AvgIpc) is 2.86. The highest BCUT2D eigenvalue weighted by Gasteiger charge is 2.31. The molecule has 0 saturated carbocycles. The summed E-state index contributed by atoms with van der Waals surface area (Å²) in [5, 5.41) is 2.68. The number of benzene rings is 2. The van der Waals surface area contributed by atoms with E-state index in [1.165, 1.54) is 30.5 Å². The van der Waals surface area contributed by atoms with Gasteiger partial charge >= 0.3 is 0 Å². The molecule has 11 nitrogen and oxygen atoms in total. The zero-order valence-corrected chi connectivity index (χ0v) is 23.0. The van der Waals surface area contributed by atoms with Crippen molar-refractivity contribution in [2.75, 3.05) is 57.1 Å². The standard InChI is InChI=1S/C24H33N3O8S2/c1-18-5-10-23(33-3)22(17-18)27(36(4,29)30)19(2)24(28)25-11-14-35-20-6-8-21(9-7-20)37(31,32)26-12-15-34-16-13-26/h5-10,17,19H,11-16H2,1-4H3,(H,25,28)/t19-/m0/s1. The highest BCUT2D eigenvalue weighted by atomic mass is 32.2. The van der Waals surface area contributed by atoms with E-state index >= 15 is 0 Å². The quantitative estimate of drug-likeness (QED) is 0.412. The monoisotopic (exact) mass is 555 g/mol. The topological polar surface area (TPSA) is 132 Å². The largest absolute Gasteiger partial charge is 0.495 e. The fourth-order valence-corrected chi connectivity index (χ4v) is 6.47. The van der Waals surface area contributed by atoms with E-state index in [0.29, 0.717) is 37.8 Å². The van der Waals surface area contributed by atoms with Gasteiger partial charge in [0.1, 0.15) is 24.1 Å². The van der Waals surface area contributed by atoms with Crippen LogP contribution in [0.5, 0.6) is 11.5 Å². The number of nitrogens with one attached hydrogen (secondary N) is 1. The van der Waals surface area contributed by atoms with Crippen molar-refractivity contribution in [2.24, 2.45) is 0 Å². The van der Waals surface area contributed by atoms with Crippen molar-refractivity contribution in [3.8, 4) is 11.5 Å². The zero-order chi connectivity index (χ0) is 27.2. The predicted molar refractivity (Wildman–Crippen MR) is 139 cm³/mol. The molecular weight excluding hydrogens is 522 g/mol. The Labute approximate surface area is 218 Å². The molecule has 13 heteroatoms. The number of hydrogen-bond donors (Lipinski definition) is 1. The molecule has 3 rings (SSSR count). The number of sulfonamides is 2. The normalized spacial score (nSPS) is 15.6. The molecule has 1 fully saturated rings. The third-order valence-corrected chi connectivity index (χ3v) is 8.90. The molecule has 1 N–H and O–H groups in total. The van der Waals surface area contributed by atoms with Gasteiger partial charge in [0.2, 0.25) is 26.0 Å². The smallest absolute Gasteiger partial charge is 0.243 e. The molecule has 1 aliphatic rings. The summed E-state index contributed by atoms with van der Waals surface area (Å²) in [4.78, 5) is 13.0. The van der Waals surface area contributed by atoms with Crippen molar-refractivity contribution >= 4 is 31.6 Å². The Kier molecular flexibility index (Phi) is 9.40. The van der Waals surface area contributed by atoms with Gasteiger partial charge in [-0.25, -0.2) is 16.8 Å². The highest BCUT2D eigenvalue weighted by molar-refractivity contribution is 7.92. The van der Waals surface area contributed by atoms with Crippen LogP contribution >= 0.6 is 0 Å². The Hall–Kier alpha value is -2.87. The molecule has 1 aliphatic heterocycles. The van der Waals surface area contributed by atoms with E-state index in [9.17, 15) is 21.6 Å². The number of carbonyl (C=O) groups is 1. The minimum atomic E-state index is -3.81. The van der Waals surface area contributed by atoms with Gasteiger partial charge in [0.05, 0.1) is 43.7 Å². The van der Waals surface area contributed by atoms with E-state index in [2.05, 4.69) is 5.32 Å². The van der Waals surface area contributed by atoms with Gasteiger partial charge in [-0.1, -0.05) is 6.07 Å². The average molecular weight is 556 g/mol. The molecule has 1 amide bonds. The second kappa shape index (κ2) is 12.1. The summed E-state index contributed by atoms with van der Waals surface area (Å²) in [6.07, 6.45) is 1.03. The number of methoxy groups -OCH3 is 1. The number of ether oxygens (including phenoxy) is 3. The molecule has 0 spiro atoms. The molecule has 0 bridgehead atoms. The van der Waals surface area contributed by atoms with Crippen molar-refractivity contribution in [3.05, 3.63) is 48.0 Å². The first-order chi connectivity index (χ1) is 17.4. The summed E-state index contributed by atoms with van der Waals surface area (Å²) < 4.78 is 69.2. The minimum Gasteiger partial charge on any atom is -0.495 e. The first-order valence-corrected chi connectivity index (χ1v) is 15.0. The summed E-state index contributed by atoms with van der Waals surface area (Å²) >= 11 is 0. The lowest BCUT2D eigenvalue weighted by atomic mass is 10.2. The summed E-state index contributed by atoms with van der Waals surface area (Å²) in [5.74, 6) is 0.258. The number of morpholine rings is 1. The predicted octanol–water partition coefficient (Wildman–Crippen LogP) is 1.37. The Morgan fingerprint density at radius 2 is 1.76 bits per heavy atom. The van der Waals surface area contributed by atoms with Crippen LogP contribution in [0.15, 0.2) is 47.4 Å². The molecule has 0 unspecified atom stereocenters. The van der Waals surface area contributed by atoms with Crippen LogP contribution in [0.2, 0.25) is 0 Å². The first-order valence-electron chi connectivity index (χ1n) is 11.7. The lowest BCUT2D eigenvalue weighted by Gasteiger charge is -2.29. The number of rotatable bonds is 11. The lowest BCUT2D eigenvalue weighted by Crippen LogP contribution is -2.48. The van der Waals surface area contributed by atoms with E-state index < -0.39 is 32.0 Å². The third kappa shape index (κ3) is 7.12. The van der Waals surface area contributed by atoms with E-state index in [-0.39, 0.29) is 23.7 Å². The van der Waals surface area contributed by atoms with Crippen LogP contribution in [-0.4, -0.2) is 85.9 Å². The molecule has 2 aromatic carbocycles. The van der Waals surface area contributed by atoms with Gasteiger partial charge in [0, 0.05) is 13.1 Å². The van der Waals surface area contributed by atoms with Gasteiger partial charge in [-0.3, -0.25) is 9.10 Å². The van der Waals surface area contributed by atoms with E-state index in [4.69, 9.17) is 14.2 Å². The summed E-state index contributed by atoms with van der Waals surface area (Å²) in [5.41, 5.74) is 1.09. The number of carbonyl (C=O) groups excluding carboxylic acids is 1. The number of aryl methyl sites for hydroxylation is 1. The van der Waals surface area contributed by atoms with Gasteiger partial charge in [-0.2, -0.15) is 4.31 Å². The SMILES string of the molecule is COc1ccc(C)cc1N([C@@H](C)C(=O)NCCOc1ccc(S(=O)(=O)N2CCOCC2)cc1)S(C)(=O)=O. The fourth-order valence-electron chi connectivity index (χ4n) is 3.89. The minimum absolute atomic E-state index is 0.0979. The number of nitrogens with zero attached hydrogens (tertiary/aromatic N) is 2. The molecule has 37 heavy (non-hydrogen) atoms. The second-order valence-electron chi connectivity index (χ2n) is 8.54. The van der Waals surface area contributed by atoms with Crippen molar-refractivity contribution in [1.82, 2.24) is 9.62 Å². The van der Waals surface area contributed by atoms with Gasteiger partial charge < -0.3 is 19.5 Å². The number of amides is 1. The molecule has 0 radical (unpaired) electrons. The van der Waals surface area contributed by atoms with E-state index in [1.54, 1.807) is 30.3 Å². The van der Waals surface area contributed by atoms with Crippen molar-refractivity contribution in [1.29, 1.82) is 0 Å². The zero-order valence-electron chi connectivity index (χ0n) is 21.3. The lowest BCUT2D eigenvalue weighted by molar-refractivity contribution is -0.121. The van der Waals surface area contributed by atoms with Crippen molar-refractivity contribution < 1.29 is 35.8 Å². The number of hydrogen-bond acceptors (Lipinski definition) is 8. The molecule has 0 aromatic heterocycles. The molecular formula is C24H33N3O8S2. The maximum absolute atomic E-state index is 12.8. The Morgan fingerprint density at radius 3 is 2.35 bits per heavy atom. The highest BCUT2D eigenvalue weighted by Crippen LogP contribution is 2.32. The number of anilines is 1. The van der Waals surface area contributed by atoms with Crippen LogP contribution in [0.25, 0.3) is 0 Å².